The van der Waals surface area contributed by atoms with Crippen molar-refractivity contribution in [2.24, 2.45) is 5.92 Å². The van der Waals surface area contributed by atoms with E-state index in [0.717, 1.165) is 23.6 Å². The molecule has 0 spiro atoms. The average Bonchev–Trinajstić information content (AvgIpc) is 3.33. The standard InChI is InChI=1S/C17H20N6O/c1-10-20-15(18)14-16(21-10)23(17(24)22-14)9-12-5-7-13(19-8-12)6-4-11-2-3-11/h5,7-8,11H,2-4,6,9H2,1H3,(H,22,24)(H2,18,20,21). The van der Waals surface area contributed by atoms with Gasteiger partial charge in [0.05, 0.1) is 6.54 Å². The number of imidazole rings is 1. The highest BCUT2D eigenvalue weighted by Gasteiger charge is 2.20. The number of fused-ring (bicyclic) bond motifs is 1. The molecule has 24 heavy (non-hydrogen) atoms. The molecule has 3 aromatic heterocycles. The molecule has 0 radical (unpaired) electrons. The Kier molecular flexibility index (Phi) is 3.55. The van der Waals surface area contributed by atoms with Gasteiger partial charge in [-0.05, 0) is 37.3 Å². The SMILES string of the molecule is Cc1nc(N)c2[nH]c(=O)n(Cc3ccc(CCC4CC4)nc3)c2n1. The smallest absolute Gasteiger partial charge is 0.328 e. The summed E-state index contributed by atoms with van der Waals surface area (Å²) in [6.07, 6.45) is 6.83. The minimum Gasteiger partial charge on any atom is -0.382 e. The van der Waals surface area contributed by atoms with Crippen LogP contribution < -0.4 is 11.4 Å². The van der Waals surface area contributed by atoms with Gasteiger partial charge in [0.2, 0.25) is 0 Å². The van der Waals surface area contributed by atoms with Crippen molar-refractivity contribution in [3.63, 3.8) is 0 Å². The third-order valence-corrected chi connectivity index (χ3v) is 4.49. The third kappa shape index (κ3) is 2.89. The lowest BCUT2D eigenvalue weighted by Crippen LogP contribution is -2.18. The van der Waals surface area contributed by atoms with E-state index >= 15 is 0 Å². The van der Waals surface area contributed by atoms with Crippen LogP contribution >= 0.6 is 0 Å². The molecule has 0 amide bonds. The molecule has 0 aromatic carbocycles. The third-order valence-electron chi connectivity index (χ3n) is 4.49. The maximum absolute atomic E-state index is 12.2. The van der Waals surface area contributed by atoms with Gasteiger partial charge in [-0.2, -0.15) is 0 Å². The molecule has 0 saturated heterocycles. The summed E-state index contributed by atoms with van der Waals surface area (Å²) >= 11 is 0. The fourth-order valence-corrected chi connectivity index (χ4v) is 2.95. The molecule has 1 aliphatic rings. The lowest BCUT2D eigenvalue weighted by atomic mass is 10.1. The Labute approximate surface area is 139 Å². The summed E-state index contributed by atoms with van der Waals surface area (Å²) in [5, 5.41) is 0. The van der Waals surface area contributed by atoms with Gasteiger partial charge in [0.15, 0.2) is 11.5 Å². The highest BCUT2D eigenvalue weighted by Crippen LogP contribution is 2.33. The maximum atomic E-state index is 12.2. The second-order valence-corrected chi connectivity index (χ2v) is 6.51. The Bertz CT molecular complexity index is 936. The van der Waals surface area contributed by atoms with Crippen LogP contribution in [0.15, 0.2) is 23.1 Å². The van der Waals surface area contributed by atoms with Gasteiger partial charge >= 0.3 is 5.69 Å². The van der Waals surface area contributed by atoms with Crippen molar-refractivity contribution in [1.82, 2.24) is 24.5 Å². The Balaban J connectivity index is 1.59. The van der Waals surface area contributed by atoms with Crippen LogP contribution in [0.4, 0.5) is 5.82 Å². The largest absolute Gasteiger partial charge is 0.382 e. The number of H-pyrrole nitrogens is 1. The van der Waals surface area contributed by atoms with Crippen LogP contribution in [0.2, 0.25) is 0 Å². The summed E-state index contributed by atoms with van der Waals surface area (Å²) in [5.41, 5.74) is 8.71. The first-order chi connectivity index (χ1) is 11.6. The van der Waals surface area contributed by atoms with Crippen LogP contribution in [-0.4, -0.2) is 24.5 Å². The molecule has 1 aliphatic carbocycles. The molecular formula is C17H20N6O. The molecule has 3 N–H and O–H groups in total. The van der Waals surface area contributed by atoms with Gasteiger partial charge in [-0.15, -0.1) is 0 Å². The highest BCUT2D eigenvalue weighted by molar-refractivity contribution is 5.81. The van der Waals surface area contributed by atoms with Crippen LogP contribution in [-0.2, 0) is 13.0 Å². The minimum atomic E-state index is -0.241. The number of nitrogens with zero attached hydrogens (tertiary/aromatic N) is 4. The summed E-state index contributed by atoms with van der Waals surface area (Å²) in [4.78, 5) is 27.9. The molecule has 1 saturated carbocycles. The van der Waals surface area contributed by atoms with E-state index in [1.165, 1.54) is 19.3 Å². The van der Waals surface area contributed by atoms with E-state index in [-0.39, 0.29) is 5.69 Å². The first-order valence-corrected chi connectivity index (χ1v) is 8.26. The van der Waals surface area contributed by atoms with Crippen molar-refractivity contribution < 1.29 is 0 Å². The summed E-state index contributed by atoms with van der Waals surface area (Å²) in [7, 11) is 0. The van der Waals surface area contributed by atoms with Crippen LogP contribution in [0.1, 0.15) is 36.3 Å². The van der Waals surface area contributed by atoms with Crippen molar-refractivity contribution in [3.8, 4) is 0 Å². The minimum absolute atomic E-state index is 0.241. The average molecular weight is 324 g/mol. The van der Waals surface area contributed by atoms with Crippen molar-refractivity contribution in [1.29, 1.82) is 0 Å². The molecule has 0 atom stereocenters. The van der Waals surface area contributed by atoms with E-state index in [1.807, 2.05) is 18.3 Å². The number of nitrogen functional groups attached to an aromatic ring is 1. The summed E-state index contributed by atoms with van der Waals surface area (Å²) in [6.45, 7) is 2.17. The van der Waals surface area contributed by atoms with Crippen LogP contribution in [0, 0.1) is 12.8 Å². The number of aromatic amines is 1. The first kappa shape index (κ1) is 14.9. The molecule has 7 heteroatoms. The summed E-state index contributed by atoms with van der Waals surface area (Å²) in [5.74, 6) is 1.74. The lowest BCUT2D eigenvalue weighted by Gasteiger charge is -2.05. The number of aromatic nitrogens is 5. The summed E-state index contributed by atoms with van der Waals surface area (Å²) in [6, 6.07) is 4.07. The normalized spacial score (nSPS) is 14.4. The second-order valence-electron chi connectivity index (χ2n) is 6.51. The van der Waals surface area contributed by atoms with E-state index in [0.29, 0.717) is 29.4 Å². The monoisotopic (exact) mass is 324 g/mol. The Morgan fingerprint density at radius 1 is 1.33 bits per heavy atom. The predicted octanol–water partition coefficient (Wildman–Crippen LogP) is 1.80. The zero-order chi connectivity index (χ0) is 16.7. The van der Waals surface area contributed by atoms with Gasteiger partial charge in [-0.1, -0.05) is 18.9 Å². The summed E-state index contributed by atoms with van der Waals surface area (Å²) < 4.78 is 1.57. The van der Waals surface area contributed by atoms with Crippen LogP contribution in [0.25, 0.3) is 11.2 Å². The number of nitrogens with two attached hydrogens (primary N) is 1. The van der Waals surface area contributed by atoms with E-state index in [1.54, 1.807) is 11.5 Å². The van der Waals surface area contributed by atoms with Gasteiger partial charge in [-0.3, -0.25) is 9.55 Å². The molecule has 0 unspecified atom stereocenters. The molecule has 3 heterocycles. The van der Waals surface area contributed by atoms with Crippen LogP contribution in [0.3, 0.4) is 0 Å². The Morgan fingerprint density at radius 2 is 2.17 bits per heavy atom. The van der Waals surface area contributed by atoms with Crippen molar-refractivity contribution in [2.75, 3.05) is 5.73 Å². The van der Waals surface area contributed by atoms with Gasteiger partial charge in [0.25, 0.3) is 0 Å². The number of anilines is 1. The maximum Gasteiger partial charge on any atom is 0.328 e. The number of aryl methyl sites for hydroxylation is 2. The van der Waals surface area contributed by atoms with E-state index in [2.05, 4.69) is 19.9 Å². The number of nitrogens with one attached hydrogen (secondary N) is 1. The Hall–Kier alpha value is -2.70. The van der Waals surface area contributed by atoms with Crippen molar-refractivity contribution in [3.05, 3.63) is 45.9 Å². The lowest BCUT2D eigenvalue weighted by molar-refractivity contribution is 0.711. The molecule has 4 rings (SSSR count). The molecule has 0 aliphatic heterocycles. The number of hydrogen-bond donors (Lipinski definition) is 2. The van der Waals surface area contributed by atoms with Gasteiger partial charge in [0, 0.05) is 11.9 Å². The van der Waals surface area contributed by atoms with Gasteiger partial charge in [0.1, 0.15) is 11.3 Å². The van der Waals surface area contributed by atoms with Crippen molar-refractivity contribution >= 4 is 17.0 Å². The Morgan fingerprint density at radius 3 is 2.88 bits per heavy atom. The highest BCUT2D eigenvalue weighted by atomic mass is 16.1. The fourth-order valence-electron chi connectivity index (χ4n) is 2.95. The molecule has 1 fully saturated rings. The van der Waals surface area contributed by atoms with E-state index < -0.39 is 0 Å². The molecule has 124 valence electrons. The molecule has 0 bridgehead atoms. The van der Waals surface area contributed by atoms with E-state index in [9.17, 15) is 4.79 Å². The molecule has 7 nitrogen and oxygen atoms in total. The second kappa shape index (κ2) is 5.74. The zero-order valence-electron chi connectivity index (χ0n) is 13.6. The molecular weight excluding hydrogens is 304 g/mol. The number of hydrogen-bond acceptors (Lipinski definition) is 5. The van der Waals surface area contributed by atoms with Gasteiger partial charge < -0.3 is 10.7 Å². The predicted molar refractivity (Wildman–Crippen MR) is 91.7 cm³/mol. The topological polar surface area (TPSA) is 102 Å². The zero-order valence-corrected chi connectivity index (χ0v) is 13.6. The van der Waals surface area contributed by atoms with Gasteiger partial charge in [-0.25, -0.2) is 14.8 Å². The van der Waals surface area contributed by atoms with Crippen molar-refractivity contribution in [2.45, 2.75) is 39.2 Å². The number of pyridine rings is 1. The van der Waals surface area contributed by atoms with E-state index in [4.69, 9.17) is 5.73 Å². The van der Waals surface area contributed by atoms with Crippen LogP contribution in [0.5, 0.6) is 0 Å². The fraction of sp³-hybridized carbons (Fsp3) is 0.412. The first-order valence-electron chi connectivity index (χ1n) is 8.26. The number of rotatable bonds is 5. The quantitative estimate of drug-likeness (QED) is 0.745. The molecule has 3 aromatic rings.